The maximum Gasteiger partial charge on any atom is 0.251 e. The van der Waals surface area contributed by atoms with Crippen molar-refractivity contribution < 1.29 is 4.79 Å². The number of rotatable bonds is 5. The van der Waals surface area contributed by atoms with Gasteiger partial charge < -0.3 is 10.6 Å². The first-order chi connectivity index (χ1) is 11.6. The van der Waals surface area contributed by atoms with Gasteiger partial charge in [0.05, 0.1) is 0 Å². The maximum atomic E-state index is 12.4. The summed E-state index contributed by atoms with van der Waals surface area (Å²) in [7, 11) is 0. The van der Waals surface area contributed by atoms with Crippen LogP contribution < -0.4 is 10.6 Å². The second kappa shape index (κ2) is 9.27. The minimum absolute atomic E-state index is 0. The van der Waals surface area contributed by atoms with Crippen molar-refractivity contribution in [1.82, 2.24) is 10.6 Å². The van der Waals surface area contributed by atoms with Gasteiger partial charge in [0.25, 0.3) is 5.91 Å². The van der Waals surface area contributed by atoms with Gasteiger partial charge in [0.1, 0.15) is 0 Å². The quantitative estimate of drug-likeness (QED) is 0.771. The van der Waals surface area contributed by atoms with E-state index >= 15 is 0 Å². The van der Waals surface area contributed by atoms with Crippen LogP contribution in [0.1, 0.15) is 33.5 Å². The van der Waals surface area contributed by atoms with E-state index in [1.165, 1.54) is 21.6 Å². The lowest BCUT2D eigenvalue weighted by Gasteiger charge is -2.12. The summed E-state index contributed by atoms with van der Waals surface area (Å²) in [5.41, 5.74) is 4.51. The SMILES string of the molecule is Cc1ccc(C)c(SCc2cccc(C(=O)NC3CCNC3)c2)c1.Cl. The van der Waals surface area contributed by atoms with Gasteiger partial charge in [-0.3, -0.25) is 4.79 Å². The van der Waals surface area contributed by atoms with Crippen molar-refractivity contribution in [3.05, 3.63) is 64.7 Å². The van der Waals surface area contributed by atoms with Crippen molar-refractivity contribution in [3.63, 3.8) is 0 Å². The van der Waals surface area contributed by atoms with Crippen molar-refractivity contribution in [2.24, 2.45) is 0 Å². The van der Waals surface area contributed by atoms with E-state index in [4.69, 9.17) is 0 Å². The molecule has 3 nitrogen and oxygen atoms in total. The Morgan fingerprint density at radius 3 is 2.84 bits per heavy atom. The molecule has 1 amide bonds. The van der Waals surface area contributed by atoms with Gasteiger partial charge in [0.2, 0.25) is 0 Å². The lowest BCUT2D eigenvalue weighted by atomic mass is 10.1. The number of benzene rings is 2. The van der Waals surface area contributed by atoms with Crippen LogP contribution in [0.3, 0.4) is 0 Å². The first-order valence-corrected chi connectivity index (χ1v) is 9.41. The molecule has 1 heterocycles. The Morgan fingerprint density at radius 2 is 2.08 bits per heavy atom. The average Bonchev–Trinajstić information content (AvgIpc) is 3.09. The summed E-state index contributed by atoms with van der Waals surface area (Å²) in [6, 6.07) is 14.8. The number of thioether (sulfide) groups is 1. The van der Waals surface area contributed by atoms with Gasteiger partial charge in [-0.1, -0.05) is 29.8 Å². The van der Waals surface area contributed by atoms with Gasteiger partial charge in [-0.15, -0.1) is 24.2 Å². The van der Waals surface area contributed by atoms with Crippen molar-refractivity contribution in [2.45, 2.75) is 37.0 Å². The lowest BCUT2D eigenvalue weighted by molar-refractivity contribution is 0.0940. The number of amides is 1. The van der Waals surface area contributed by atoms with Crippen LogP contribution in [-0.4, -0.2) is 25.0 Å². The fourth-order valence-corrected chi connectivity index (χ4v) is 3.94. The van der Waals surface area contributed by atoms with Gasteiger partial charge in [-0.2, -0.15) is 0 Å². The van der Waals surface area contributed by atoms with Gasteiger partial charge in [0.15, 0.2) is 0 Å². The number of hydrogen-bond acceptors (Lipinski definition) is 3. The van der Waals surface area contributed by atoms with E-state index in [0.717, 1.165) is 30.8 Å². The van der Waals surface area contributed by atoms with E-state index < -0.39 is 0 Å². The Morgan fingerprint density at radius 1 is 1.24 bits per heavy atom. The molecule has 1 unspecified atom stereocenters. The molecule has 1 aliphatic heterocycles. The molecule has 1 aliphatic rings. The zero-order valence-electron chi connectivity index (χ0n) is 14.7. The number of carbonyl (C=O) groups is 1. The first-order valence-electron chi connectivity index (χ1n) is 8.42. The molecule has 1 atom stereocenters. The molecule has 0 radical (unpaired) electrons. The third-order valence-electron chi connectivity index (χ3n) is 4.32. The first kappa shape index (κ1) is 19.8. The van der Waals surface area contributed by atoms with Crippen molar-refractivity contribution in [1.29, 1.82) is 0 Å². The van der Waals surface area contributed by atoms with Crippen molar-refractivity contribution in [2.75, 3.05) is 13.1 Å². The average molecular weight is 377 g/mol. The van der Waals surface area contributed by atoms with E-state index in [0.29, 0.717) is 0 Å². The van der Waals surface area contributed by atoms with E-state index in [1.54, 1.807) is 0 Å². The van der Waals surface area contributed by atoms with Gasteiger partial charge in [-0.25, -0.2) is 0 Å². The lowest BCUT2D eigenvalue weighted by Crippen LogP contribution is -2.36. The number of aryl methyl sites for hydroxylation is 2. The summed E-state index contributed by atoms with van der Waals surface area (Å²) in [5, 5.41) is 6.38. The minimum Gasteiger partial charge on any atom is -0.348 e. The monoisotopic (exact) mass is 376 g/mol. The largest absolute Gasteiger partial charge is 0.348 e. The molecule has 0 spiro atoms. The van der Waals surface area contributed by atoms with E-state index in [2.05, 4.69) is 48.7 Å². The summed E-state index contributed by atoms with van der Waals surface area (Å²) in [6.45, 7) is 6.11. The smallest absolute Gasteiger partial charge is 0.251 e. The molecule has 134 valence electrons. The molecule has 1 saturated heterocycles. The number of nitrogens with one attached hydrogen (secondary N) is 2. The van der Waals surface area contributed by atoms with Gasteiger partial charge in [0, 0.05) is 28.8 Å². The number of hydrogen-bond donors (Lipinski definition) is 2. The van der Waals surface area contributed by atoms with Crippen LogP contribution in [0.15, 0.2) is 47.4 Å². The molecule has 0 aromatic heterocycles. The summed E-state index contributed by atoms with van der Waals surface area (Å²) in [6.07, 6.45) is 1.01. The Hall–Kier alpha value is -1.49. The van der Waals surface area contributed by atoms with Gasteiger partial charge in [-0.05, 0) is 56.1 Å². The van der Waals surface area contributed by atoms with Crippen LogP contribution in [0.4, 0.5) is 0 Å². The summed E-state index contributed by atoms with van der Waals surface area (Å²) >= 11 is 1.83. The van der Waals surface area contributed by atoms with Crippen LogP contribution in [0, 0.1) is 13.8 Å². The highest BCUT2D eigenvalue weighted by Gasteiger charge is 2.17. The Labute approximate surface area is 160 Å². The highest BCUT2D eigenvalue weighted by Crippen LogP contribution is 2.27. The zero-order chi connectivity index (χ0) is 16.9. The summed E-state index contributed by atoms with van der Waals surface area (Å²) in [4.78, 5) is 13.7. The normalized spacial score (nSPS) is 16.3. The third-order valence-corrected chi connectivity index (χ3v) is 5.55. The minimum atomic E-state index is 0. The molecule has 1 fully saturated rings. The molecule has 25 heavy (non-hydrogen) atoms. The Kier molecular flexibility index (Phi) is 7.36. The topological polar surface area (TPSA) is 41.1 Å². The van der Waals surface area contributed by atoms with Crippen LogP contribution in [0.2, 0.25) is 0 Å². The second-order valence-electron chi connectivity index (χ2n) is 6.42. The van der Waals surface area contributed by atoms with Crippen LogP contribution in [0.5, 0.6) is 0 Å². The molecule has 0 bridgehead atoms. The summed E-state index contributed by atoms with van der Waals surface area (Å²) in [5.74, 6) is 0.901. The second-order valence-corrected chi connectivity index (χ2v) is 7.44. The predicted molar refractivity (Wildman–Crippen MR) is 108 cm³/mol. The van der Waals surface area contributed by atoms with Crippen molar-refractivity contribution in [3.8, 4) is 0 Å². The highest BCUT2D eigenvalue weighted by atomic mass is 35.5. The zero-order valence-corrected chi connectivity index (χ0v) is 16.3. The predicted octanol–water partition coefficient (Wildman–Crippen LogP) is 4.11. The highest BCUT2D eigenvalue weighted by molar-refractivity contribution is 7.98. The Bertz CT molecular complexity index is 729. The van der Waals surface area contributed by atoms with Crippen molar-refractivity contribution >= 4 is 30.1 Å². The molecule has 3 rings (SSSR count). The standard InChI is InChI=1S/C20H24N2OS.ClH/c1-14-6-7-15(2)19(10-14)24-13-16-4-3-5-17(11-16)20(23)22-18-8-9-21-12-18;/h3-7,10-11,18,21H,8-9,12-13H2,1-2H3,(H,22,23);1H. The fraction of sp³-hybridized carbons (Fsp3) is 0.350. The van der Waals surface area contributed by atoms with Gasteiger partial charge >= 0.3 is 0 Å². The fourth-order valence-electron chi connectivity index (χ4n) is 2.87. The third kappa shape index (κ3) is 5.50. The van der Waals surface area contributed by atoms with Crippen LogP contribution in [-0.2, 0) is 5.75 Å². The van der Waals surface area contributed by atoms with Crippen LogP contribution >= 0.6 is 24.2 Å². The number of halogens is 1. The molecule has 0 aliphatic carbocycles. The summed E-state index contributed by atoms with van der Waals surface area (Å²) < 4.78 is 0. The molecule has 2 N–H and O–H groups in total. The Balaban J connectivity index is 0.00000225. The van der Waals surface area contributed by atoms with E-state index in [9.17, 15) is 4.79 Å². The number of carbonyl (C=O) groups excluding carboxylic acids is 1. The molecule has 5 heteroatoms. The maximum absolute atomic E-state index is 12.4. The van der Waals surface area contributed by atoms with E-state index in [-0.39, 0.29) is 24.4 Å². The molecular weight excluding hydrogens is 352 g/mol. The van der Waals surface area contributed by atoms with E-state index in [1.807, 2.05) is 30.0 Å². The molecule has 2 aromatic carbocycles. The molecule has 0 saturated carbocycles. The molecule has 2 aromatic rings. The molecular formula is C20H25ClN2OS. The van der Waals surface area contributed by atoms with Crippen LogP contribution in [0.25, 0.3) is 0 Å².